The van der Waals surface area contributed by atoms with Crippen LogP contribution in [0.15, 0.2) is 30.3 Å². The second-order valence-corrected chi connectivity index (χ2v) is 6.64. The van der Waals surface area contributed by atoms with Gasteiger partial charge < -0.3 is 9.64 Å². The van der Waals surface area contributed by atoms with E-state index < -0.39 is 0 Å². The molecule has 1 aromatic carbocycles. The largest absolute Gasteiger partial charge is 0.450 e. The SMILES string of the molecule is CCOC(=O)N1CCN(C2CCC(c3ccccc3)CC2)CC1. The van der Waals surface area contributed by atoms with Crippen LogP contribution in [0.4, 0.5) is 4.79 Å². The zero-order chi connectivity index (χ0) is 16.1. The Kier molecular flexibility index (Phi) is 5.55. The maximum absolute atomic E-state index is 11.8. The zero-order valence-corrected chi connectivity index (χ0v) is 14.1. The van der Waals surface area contributed by atoms with Crippen molar-refractivity contribution in [2.75, 3.05) is 32.8 Å². The lowest BCUT2D eigenvalue weighted by atomic mass is 9.81. The normalized spacial score (nSPS) is 26.0. The summed E-state index contributed by atoms with van der Waals surface area (Å²) in [6.07, 6.45) is 4.97. The summed E-state index contributed by atoms with van der Waals surface area (Å²) in [5.41, 5.74) is 1.50. The Morgan fingerprint density at radius 3 is 2.30 bits per heavy atom. The average molecular weight is 316 g/mol. The maximum atomic E-state index is 11.8. The molecule has 1 amide bonds. The van der Waals surface area contributed by atoms with Gasteiger partial charge in [-0.3, -0.25) is 4.90 Å². The van der Waals surface area contributed by atoms with Crippen molar-refractivity contribution < 1.29 is 9.53 Å². The quantitative estimate of drug-likeness (QED) is 0.856. The van der Waals surface area contributed by atoms with Gasteiger partial charge in [0.1, 0.15) is 0 Å². The Morgan fingerprint density at radius 1 is 1.04 bits per heavy atom. The minimum absolute atomic E-state index is 0.153. The van der Waals surface area contributed by atoms with E-state index in [1.54, 1.807) is 0 Å². The summed E-state index contributed by atoms with van der Waals surface area (Å²) >= 11 is 0. The van der Waals surface area contributed by atoms with E-state index in [4.69, 9.17) is 4.74 Å². The average Bonchev–Trinajstić information content (AvgIpc) is 2.63. The smallest absolute Gasteiger partial charge is 0.409 e. The second kappa shape index (κ2) is 7.82. The van der Waals surface area contributed by atoms with Crippen molar-refractivity contribution in [3.8, 4) is 0 Å². The van der Waals surface area contributed by atoms with Crippen LogP contribution in [0.25, 0.3) is 0 Å². The molecule has 0 unspecified atom stereocenters. The summed E-state index contributed by atoms with van der Waals surface area (Å²) in [5, 5.41) is 0. The first-order valence-corrected chi connectivity index (χ1v) is 8.98. The van der Waals surface area contributed by atoms with Gasteiger partial charge in [-0.1, -0.05) is 30.3 Å². The molecule has 23 heavy (non-hydrogen) atoms. The van der Waals surface area contributed by atoms with Crippen LogP contribution in [0.5, 0.6) is 0 Å². The molecule has 0 N–H and O–H groups in total. The Bertz CT molecular complexity index is 489. The molecule has 2 aliphatic rings. The van der Waals surface area contributed by atoms with Crippen molar-refractivity contribution in [3.05, 3.63) is 35.9 Å². The van der Waals surface area contributed by atoms with E-state index in [0.29, 0.717) is 12.6 Å². The van der Waals surface area contributed by atoms with Crippen molar-refractivity contribution >= 4 is 6.09 Å². The monoisotopic (exact) mass is 316 g/mol. The van der Waals surface area contributed by atoms with Gasteiger partial charge >= 0.3 is 6.09 Å². The third kappa shape index (κ3) is 4.05. The van der Waals surface area contributed by atoms with Crippen LogP contribution in [-0.2, 0) is 4.74 Å². The molecule has 2 fully saturated rings. The molecule has 1 saturated heterocycles. The topological polar surface area (TPSA) is 32.8 Å². The molecule has 1 aliphatic heterocycles. The molecule has 0 spiro atoms. The number of piperazine rings is 1. The summed E-state index contributed by atoms with van der Waals surface area (Å²) in [6, 6.07) is 11.6. The fourth-order valence-corrected chi connectivity index (χ4v) is 3.98. The summed E-state index contributed by atoms with van der Waals surface area (Å²) < 4.78 is 5.09. The molecule has 1 aliphatic carbocycles. The van der Waals surface area contributed by atoms with Crippen LogP contribution >= 0.6 is 0 Å². The standard InChI is InChI=1S/C19H28N2O2/c1-2-23-19(22)21-14-12-20(13-15-21)18-10-8-17(9-11-18)16-6-4-3-5-7-16/h3-7,17-18H,2,8-15H2,1H3. The van der Waals surface area contributed by atoms with Crippen molar-refractivity contribution in [2.45, 2.75) is 44.6 Å². The van der Waals surface area contributed by atoms with E-state index in [9.17, 15) is 4.79 Å². The van der Waals surface area contributed by atoms with Crippen LogP contribution in [0.3, 0.4) is 0 Å². The third-order valence-electron chi connectivity index (χ3n) is 5.32. The Morgan fingerprint density at radius 2 is 1.70 bits per heavy atom. The van der Waals surface area contributed by atoms with Crippen molar-refractivity contribution in [2.24, 2.45) is 0 Å². The number of nitrogens with zero attached hydrogens (tertiary/aromatic N) is 2. The van der Waals surface area contributed by atoms with Gasteiger partial charge in [-0.2, -0.15) is 0 Å². The van der Waals surface area contributed by atoms with Gasteiger partial charge in [-0.05, 0) is 44.1 Å². The minimum Gasteiger partial charge on any atom is -0.450 e. The molecule has 1 aromatic rings. The van der Waals surface area contributed by atoms with Crippen LogP contribution in [-0.4, -0.2) is 54.7 Å². The van der Waals surface area contributed by atoms with Crippen LogP contribution in [0.1, 0.15) is 44.1 Å². The van der Waals surface area contributed by atoms with Gasteiger partial charge in [0.05, 0.1) is 6.61 Å². The molecule has 0 bridgehead atoms. The summed E-state index contributed by atoms with van der Waals surface area (Å²) in [5.74, 6) is 0.730. The predicted octanol–water partition coefficient (Wildman–Crippen LogP) is 3.49. The maximum Gasteiger partial charge on any atom is 0.409 e. The number of hydrogen-bond donors (Lipinski definition) is 0. The van der Waals surface area contributed by atoms with E-state index in [1.807, 2.05) is 11.8 Å². The number of carbonyl (C=O) groups excluding carboxylic acids is 1. The Balaban J connectivity index is 1.45. The summed E-state index contributed by atoms with van der Waals surface area (Å²) in [4.78, 5) is 16.2. The van der Waals surface area contributed by atoms with Gasteiger partial charge in [0, 0.05) is 32.2 Å². The highest BCUT2D eigenvalue weighted by Crippen LogP contribution is 2.34. The van der Waals surface area contributed by atoms with Gasteiger partial charge in [-0.25, -0.2) is 4.79 Å². The number of benzene rings is 1. The molecular weight excluding hydrogens is 288 g/mol. The molecule has 126 valence electrons. The van der Waals surface area contributed by atoms with Gasteiger partial charge in [0.15, 0.2) is 0 Å². The summed E-state index contributed by atoms with van der Waals surface area (Å²) in [7, 11) is 0. The number of rotatable bonds is 3. The highest BCUT2D eigenvalue weighted by Gasteiger charge is 2.30. The van der Waals surface area contributed by atoms with Crippen LogP contribution in [0.2, 0.25) is 0 Å². The molecule has 1 saturated carbocycles. The first kappa shape index (κ1) is 16.3. The van der Waals surface area contributed by atoms with Crippen molar-refractivity contribution in [1.82, 2.24) is 9.80 Å². The van der Waals surface area contributed by atoms with Crippen molar-refractivity contribution in [3.63, 3.8) is 0 Å². The van der Waals surface area contributed by atoms with E-state index in [1.165, 1.54) is 31.2 Å². The molecule has 1 heterocycles. The molecule has 0 atom stereocenters. The second-order valence-electron chi connectivity index (χ2n) is 6.64. The number of carbonyl (C=O) groups is 1. The number of amides is 1. The van der Waals surface area contributed by atoms with Gasteiger partial charge in [-0.15, -0.1) is 0 Å². The van der Waals surface area contributed by atoms with Crippen LogP contribution in [0, 0.1) is 0 Å². The van der Waals surface area contributed by atoms with Crippen molar-refractivity contribution in [1.29, 1.82) is 0 Å². The molecule has 4 heteroatoms. The fourth-order valence-electron chi connectivity index (χ4n) is 3.98. The molecule has 0 aromatic heterocycles. The highest BCUT2D eigenvalue weighted by atomic mass is 16.6. The van der Waals surface area contributed by atoms with Gasteiger partial charge in [0.25, 0.3) is 0 Å². The van der Waals surface area contributed by atoms with E-state index in [-0.39, 0.29) is 6.09 Å². The lowest BCUT2D eigenvalue weighted by molar-refractivity contribution is 0.0567. The first-order chi connectivity index (χ1) is 11.3. The van der Waals surface area contributed by atoms with E-state index >= 15 is 0 Å². The van der Waals surface area contributed by atoms with E-state index in [0.717, 1.165) is 32.1 Å². The van der Waals surface area contributed by atoms with Crippen LogP contribution < -0.4 is 0 Å². The summed E-state index contributed by atoms with van der Waals surface area (Å²) in [6.45, 7) is 5.90. The molecule has 3 rings (SSSR count). The Hall–Kier alpha value is -1.55. The van der Waals surface area contributed by atoms with E-state index in [2.05, 4.69) is 35.2 Å². The Labute approximate surface area is 139 Å². The predicted molar refractivity (Wildman–Crippen MR) is 91.6 cm³/mol. The van der Waals surface area contributed by atoms with Gasteiger partial charge in [0.2, 0.25) is 0 Å². The zero-order valence-electron chi connectivity index (χ0n) is 14.1. The third-order valence-corrected chi connectivity index (χ3v) is 5.32. The minimum atomic E-state index is -0.153. The molecule has 4 nitrogen and oxygen atoms in total. The lowest BCUT2D eigenvalue weighted by Gasteiger charge is -2.41. The number of ether oxygens (including phenoxy) is 1. The highest BCUT2D eigenvalue weighted by molar-refractivity contribution is 5.67. The fraction of sp³-hybridized carbons (Fsp3) is 0.632. The molecular formula is C19H28N2O2. The first-order valence-electron chi connectivity index (χ1n) is 8.98. The molecule has 0 radical (unpaired) electrons. The number of hydrogen-bond acceptors (Lipinski definition) is 3. The lowest BCUT2D eigenvalue weighted by Crippen LogP contribution is -2.52.